The maximum atomic E-state index is 5.43. The molecule has 0 saturated carbocycles. The van der Waals surface area contributed by atoms with E-state index in [4.69, 9.17) is 42.6 Å². The minimum absolute atomic E-state index is 0.532. The summed E-state index contributed by atoms with van der Waals surface area (Å²) < 4.78 is 48.3. The molecule has 0 aliphatic heterocycles. The molecular weight excluding hydrogens is 476 g/mol. The zero-order valence-electron chi connectivity index (χ0n) is 18.8. The first-order valence-electron chi connectivity index (χ1n) is 10.8. The van der Waals surface area contributed by atoms with Crippen molar-refractivity contribution < 1.29 is 42.6 Å². The van der Waals surface area contributed by atoms with Gasteiger partial charge in [0, 0.05) is 5.33 Å². The third-order valence-corrected chi connectivity index (χ3v) is 3.76. The van der Waals surface area contributed by atoms with Crippen LogP contribution in [-0.2, 0) is 42.6 Å². The van der Waals surface area contributed by atoms with Gasteiger partial charge in [0.1, 0.15) is 0 Å². The Morgan fingerprint density at radius 1 is 0.387 bits per heavy atom. The monoisotopic (exact) mass is 516 g/mol. The van der Waals surface area contributed by atoms with Gasteiger partial charge in [-0.15, -0.1) is 6.58 Å². The molecule has 186 valence electrons. The van der Waals surface area contributed by atoms with Gasteiger partial charge in [0.25, 0.3) is 0 Å². The second kappa shape index (κ2) is 29.9. The van der Waals surface area contributed by atoms with Crippen molar-refractivity contribution in [3.8, 4) is 0 Å². The van der Waals surface area contributed by atoms with Gasteiger partial charge in [0.05, 0.1) is 119 Å². The van der Waals surface area contributed by atoms with Gasteiger partial charge in [0.2, 0.25) is 0 Å². The minimum Gasteiger partial charge on any atom is -0.378 e. The van der Waals surface area contributed by atoms with Gasteiger partial charge in [-0.05, 0) is 0 Å². The molecule has 9 nitrogen and oxygen atoms in total. The molecule has 0 amide bonds. The maximum absolute atomic E-state index is 5.43. The number of hydrogen-bond acceptors (Lipinski definition) is 9. The van der Waals surface area contributed by atoms with Crippen LogP contribution in [0.5, 0.6) is 0 Å². The van der Waals surface area contributed by atoms with E-state index in [1.165, 1.54) is 0 Å². The van der Waals surface area contributed by atoms with Gasteiger partial charge >= 0.3 is 0 Å². The normalized spacial score (nSPS) is 11.3. The van der Waals surface area contributed by atoms with Crippen LogP contribution < -0.4 is 0 Å². The van der Waals surface area contributed by atoms with Crippen molar-refractivity contribution in [1.29, 1.82) is 0 Å². The lowest BCUT2D eigenvalue weighted by Crippen LogP contribution is -2.15. The molecule has 0 spiro atoms. The third-order valence-electron chi connectivity index (χ3n) is 3.43. The van der Waals surface area contributed by atoms with Crippen LogP contribution in [0.15, 0.2) is 12.7 Å². The highest BCUT2D eigenvalue weighted by molar-refractivity contribution is 9.09. The van der Waals surface area contributed by atoms with Gasteiger partial charge in [-0.3, -0.25) is 0 Å². The van der Waals surface area contributed by atoms with Crippen LogP contribution >= 0.6 is 15.9 Å². The lowest BCUT2D eigenvalue weighted by atomic mass is 10.6. The predicted molar refractivity (Wildman–Crippen MR) is 121 cm³/mol. The van der Waals surface area contributed by atoms with Crippen molar-refractivity contribution in [3.63, 3.8) is 0 Å². The van der Waals surface area contributed by atoms with E-state index in [9.17, 15) is 0 Å². The molecule has 10 heteroatoms. The maximum Gasteiger partial charge on any atom is 0.0704 e. The number of hydrogen-bond donors (Lipinski definition) is 0. The van der Waals surface area contributed by atoms with Crippen molar-refractivity contribution in [2.24, 2.45) is 0 Å². The molecule has 31 heavy (non-hydrogen) atoms. The second-order valence-electron chi connectivity index (χ2n) is 5.95. The van der Waals surface area contributed by atoms with Crippen LogP contribution in [-0.4, -0.2) is 124 Å². The minimum atomic E-state index is 0.532. The van der Waals surface area contributed by atoms with Gasteiger partial charge in [-0.1, -0.05) is 22.0 Å². The van der Waals surface area contributed by atoms with Gasteiger partial charge in [0.15, 0.2) is 0 Å². The largest absolute Gasteiger partial charge is 0.378 e. The van der Waals surface area contributed by atoms with E-state index in [1.807, 2.05) is 0 Å². The molecule has 0 bridgehead atoms. The Morgan fingerprint density at radius 3 is 0.839 bits per heavy atom. The first-order chi connectivity index (χ1) is 15.4. The van der Waals surface area contributed by atoms with Crippen LogP contribution in [0.3, 0.4) is 0 Å². The second-order valence-corrected chi connectivity index (χ2v) is 6.74. The van der Waals surface area contributed by atoms with E-state index >= 15 is 0 Å². The zero-order chi connectivity index (χ0) is 22.5. The summed E-state index contributed by atoms with van der Waals surface area (Å²) in [6.07, 6.45) is 1.71. The fraction of sp³-hybridized carbons (Fsp3) is 0.905. The fourth-order valence-electron chi connectivity index (χ4n) is 1.98. The smallest absolute Gasteiger partial charge is 0.0704 e. The van der Waals surface area contributed by atoms with E-state index in [2.05, 4.69) is 22.5 Å². The molecule has 0 aliphatic carbocycles. The fourth-order valence-corrected chi connectivity index (χ4v) is 2.21. The van der Waals surface area contributed by atoms with Crippen LogP contribution in [0.2, 0.25) is 0 Å². The summed E-state index contributed by atoms with van der Waals surface area (Å²) in [7, 11) is 0. The average Bonchev–Trinajstić information content (AvgIpc) is 2.78. The van der Waals surface area contributed by atoms with Crippen molar-refractivity contribution in [3.05, 3.63) is 12.7 Å². The Bertz CT molecular complexity index is 338. The highest BCUT2D eigenvalue weighted by Gasteiger charge is 1.95. The third kappa shape index (κ3) is 29.9. The first-order valence-corrected chi connectivity index (χ1v) is 11.9. The van der Waals surface area contributed by atoms with Crippen molar-refractivity contribution in [2.75, 3.05) is 124 Å². The predicted octanol–water partition coefficient (Wildman–Crippen LogP) is 1.72. The molecule has 0 N–H and O–H groups in total. The molecular formula is C21H41BrO9. The Hall–Kier alpha value is -0.140. The topological polar surface area (TPSA) is 83.1 Å². The molecule has 0 aromatic heterocycles. The number of rotatable bonds is 28. The molecule has 0 aromatic carbocycles. The zero-order valence-corrected chi connectivity index (χ0v) is 20.4. The molecule has 0 atom stereocenters. The lowest BCUT2D eigenvalue weighted by molar-refractivity contribution is -0.0243. The Morgan fingerprint density at radius 2 is 0.613 bits per heavy atom. The SMILES string of the molecule is C=CCOCCOCCOCCOCCOCCOCCOCCOCCOCCBr. The molecule has 0 unspecified atom stereocenters. The van der Waals surface area contributed by atoms with Crippen molar-refractivity contribution in [1.82, 2.24) is 0 Å². The Kier molecular flexibility index (Phi) is 29.7. The lowest BCUT2D eigenvalue weighted by Gasteiger charge is -2.08. The van der Waals surface area contributed by atoms with Gasteiger partial charge in [-0.2, -0.15) is 0 Å². The van der Waals surface area contributed by atoms with Crippen LogP contribution in [0, 0.1) is 0 Å². The Labute approximate surface area is 195 Å². The van der Waals surface area contributed by atoms with E-state index in [1.54, 1.807) is 6.08 Å². The van der Waals surface area contributed by atoms with Crippen molar-refractivity contribution in [2.45, 2.75) is 0 Å². The summed E-state index contributed by atoms with van der Waals surface area (Å²) in [5, 5.41) is 0.843. The van der Waals surface area contributed by atoms with Gasteiger partial charge in [-0.25, -0.2) is 0 Å². The molecule has 0 saturated heterocycles. The number of alkyl halides is 1. The first kappa shape index (κ1) is 30.9. The molecule has 0 fully saturated rings. The van der Waals surface area contributed by atoms with E-state index in [-0.39, 0.29) is 0 Å². The van der Waals surface area contributed by atoms with Crippen LogP contribution in [0.25, 0.3) is 0 Å². The van der Waals surface area contributed by atoms with Crippen molar-refractivity contribution >= 4 is 15.9 Å². The van der Waals surface area contributed by atoms with Gasteiger partial charge < -0.3 is 42.6 Å². The van der Waals surface area contributed by atoms with E-state index in [0.29, 0.717) is 119 Å². The summed E-state index contributed by atoms with van der Waals surface area (Å²) >= 11 is 3.29. The summed E-state index contributed by atoms with van der Waals surface area (Å²) in [4.78, 5) is 0. The quantitative estimate of drug-likeness (QED) is 0.0876. The molecule has 0 rings (SSSR count). The highest BCUT2D eigenvalue weighted by Crippen LogP contribution is 1.86. The molecule has 0 aliphatic rings. The summed E-state index contributed by atoms with van der Waals surface area (Å²) in [6.45, 7) is 13.6. The van der Waals surface area contributed by atoms with Crippen LogP contribution in [0.4, 0.5) is 0 Å². The number of halogens is 1. The van der Waals surface area contributed by atoms with Crippen LogP contribution in [0.1, 0.15) is 0 Å². The average molecular weight is 517 g/mol. The van der Waals surface area contributed by atoms with E-state index in [0.717, 1.165) is 5.33 Å². The molecule has 0 aromatic rings. The highest BCUT2D eigenvalue weighted by atomic mass is 79.9. The molecule has 0 radical (unpaired) electrons. The summed E-state index contributed by atoms with van der Waals surface area (Å²) in [6, 6.07) is 0. The van der Waals surface area contributed by atoms with E-state index < -0.39 is 0 Å². The molecule has 0 heterocycles. The summed E-state index contributed by atoms with van der Waals surface area (Å²) in [5.74, 6) is 0. The standard InChI is InChI=1S/C21H41BrO9/c1-2-4-23-6-8-25-10-12-27-14-16-29-18-20-31-21-19-30-17-15-28-13-11-26-9-7-24-5-3-22/h2H,1,3-21H2. The Balaban J connectivity index is 2.98. The summed E-state index contributed by atoms with van der Waals surface area (Å²) in [5.41, 5.74) is 0. The number of ether oxygens (including phenoxy) is 9.